The molecule has 1 aromatic carbocycles. The van der Waals surface area contributed by atoms with E-state index < -0.39 is 0 Å². The summed E-state index contributed by atoms with van der Waals surface area (Å²) in [7, 11) is 0. The predicted octanol–water partition coefficient (Wildman–Crippen LogP) is 1.22. The standard InChI is InChI=1S/C14H18ClN3O2S/c1-21-10-2-3-12(15)11(8-10)14(20)17-9-13(19)18-6-4-16-5-7-18/h2-3,8,16H,4-7,9H2,1H3,(H,17,20). The van der Waals surface area contributed by atoms with E-state index in [9.17, 15) is 9.59 Å². The summed E-state index contributed by atoms with van der Waals surface area (Å²) in [6, 6.07) is 5.29. The van der Waals surface area contributed by atoms with Crippen LogP contribution in [0.3, 0.4) is 0 Å². The minimum Gasteiger partial charge on any atom is -0.343 e. The zero-order chi connectivity index (χ0) is 15.2. The third-order valence-corrected chi connectivity index (χ3v) is 4.34. The first-order chi connectivity index (χ1) is 10.1. The average Bonchev–Trinajstić information content (AvgIpc) is 2.53. The lowest BCUT2D eigenvalue weighted by Gasteiger charge is -2.27. The average molecular weight is 328 g/mol. The van der Waals surface area contributed by atoms with E-state index >= 15 is 0 Å². The van der Waals surface area contributed by atoms with Gasteiger partial charge in [-0.1, -0.05) is 11.6 Å². The van der Waals surface area contributed by atoms with Gasteiger partial charge < -0.3 is 15.5 Å². The van der Waals surface area contributed by atoms with Crippen LogP contribution in [0.25, 0.3) is 0 Å². The molecule has 1 fully saturated rings. The van der Waals surface area contributed by atoms with Gasteiger partial charge in [0.05, 0.1) is 17.1 Å². The van der Waals surface area contributed by atoms with Gasteiger partial charge in [-0.3, -0.25) is 9.59 Å². The summed E-state index contributed by atoms with van der Waals surface area (Å²) in [6.07, 6.45) is 1.93. The minimum atomic E-state index is -0.320. The number of nitrogens with zero attached hydrogens (tertiary/aromatic N) is 1. The van der Waals surface area contributed by atoms with Crippen LogP contribution < -0.4 is 10.6 Å². The normalized spacial score (nSPS) is 14.9. The number of thioether (sulfide) groups is 1. The van der Waals surface area contributed by atoms with Crippen LogP contribution in [0.2, 0.25) is 5.02 Å². The summed E-state index contributed by atoms with van der Waals surface area (Å²) >= 11 is 7.57. The zero-order valence-corrected chi connectivity index (χ0v) is 13.4. The summed E-state index contributed by atoms with van der Waals surface area (Å²) < 4.78 is 0. The molecule has 0 saturated carbocycles. The zero-order valence-electron chi connectivity index (χ0n) is 11.8. The fourth-order valence-corrected chi connectivity index (χ4v) is 2.73. The molecule has 0 atom stereocenters. The Balaban J connectivity index is 1.93. The number of amides is 2. The Morgan fingerprint density at radius 1 is 1.38 bits per heavy atom. The molecule has 1 aliphatic heterocycles. The van der Waals surface area contributed by atoms with E-state index in [2.05, 4.69) is 10.6 Å². The number of nitrogens with one attached hydrogen (secondary N) is 2. The van der Waals surface area contributed by atoms with Crippen LogP contribution >= 0.6 is 23.4 Å². The molecule has 0 aliphatic carbocycles. The van der Waals surface area contributed by atoms with Gasteiger partial charge in [0.2, 0.25) is 5.91 Å². The van der Waals surface area contributed by atoms with Gasteiger partial charge in [0.25, 0.3) is 5.91 Å². The van der Waals surface area contributed by atoms with E-state index in [1.54, 1.807) is 17.0 Å². The smallest absolute Gasteiger partial charge is 0.253 e. The molecule has 0 unspecified atom stereocenters. The van der Waals surface area contributed by atoms with Crippen molar-refractivity contribution in [3.05, 3.63) is 28.8 Å². The summed E-state index contributed by atoms with van der Waals surface area (Å²) in [6.45, 7) is 2.94. The van der Waals surface area contributed by atoms with Crippen LogP contribution in [0.1, 0.15) is 10.4 Å². The van der Waals surface area contributed by atoms with Gasteiger partial charge in [0, 0.05) is 31.1 Å². The lowest BCUT2D eigenvalue weighted by molar-refractivity contribution is -0.130. The van der Waals surface area contributed by atoms with E-state index in [1.807, 2.05) is 12.3 Å². The minimum absolute atomic E-state index is 0.00133. The maximum absolute atomic E-state index is 12.1. The molecule has 0 spiro atoms. The van der Waals surface area contributed by atoms with Crippen molar-refractivity contribution in [3.63, 3.8) is 0 Å². The summed E-state index contributed by atoms with van der Waals surface area (Å²) in [5.41, 5.74) is 0.400. The van der Waals surface area contributed by atoms with Crippen LogP contribution in [0, 0.1) is 0 Å². The van der Waals surface area contributed by atoms with Gasteiger partial charge in [0.1, 0.15) is 0 Å². The number of halogens is 1. The van der Waals surface area contributed by atoms with Gasteiger partial charge in [-0.05, 0) is 24.5 Å². The van der Waals surface area contributed by atoms with Gasteiger partial charge in [-0.2, -0.15) is 0 Å². The molecule has 7 heteroatoms. The van der Waals surface area contributed by atoms with Crippen LogP contribution in [0.15, 0.2) is 23.1 Å². The molecule has 1 saturated heterocycles. The maximum atomic E-state index is 12.1. The van der Waals surface area contributed by atoms with Crippen molar-refractivity contribution in [3.8, 4) is 0 Å². The molecule has 0 aromatic heterocycles. The Labute approximate surface area is 133 Å². The van der Waals surface area contributed by atoms with Crippen molar-refractivity contribution >= 4 is 35.2 Å². The second-order valence-corrected chi connectivity index (χ2v) is 5.95. The molecule has 1 aliphatic rings. The monoisotopic (exact) mass is 327 g/mol. The quantitative estimate of drug-likeness (QED) is 0.816. The van der Waals surface area contributed by atoms with Crippen LogP contribution in [0.4, 0.5) is 0 Å². The SMILES string of the molecule is CSc1ccc(Cl)c(C(=O)NCC(=O)N2CCNCC2)c1. The lowest BCUT2D eigenvalue weighted by atomic mass is 10.2. The van der Waals surface area contributed by atoms with E-state index in [0.29, 0.717) is 23.7 Å². The molecule has 0 bridgehead atoms. The number of hydrogen-bond donors (Lipinski definition) is 2. The second-order valence-electron chi connectivity index (χ2n) is 4.66. The summed E-state index contributed by atoms with van der Waals surface area (Å²) in [5.74, 6) is -0.388. The van der Waals surface area contributed by atoms with Crippen molar-refractivity contribution in [2.45, 2.75) is 4.90 Å². The highest BCUT2D eigenvalue weighted by atomic mass is 35.5. The third-order valence-electron chi connectivity index (χ3n) is 3.29. The first-order valence-corrected chi connectivity index (χ1v) is 8.32. The molecule has 114 valence electrons. The number of hydrogen-bond acceptors (Lipinski definition) is 4. The topological polar surface area (TPSA) is 61.4 Å². The molecular formula is C14H18ClN3O2S. The van der Waals surface area contributed by atoms with Gasteiger partial charge >= 0.3 is 0 Å². The number of carbonyl (C=O) groups excluding carboxylic acids is 2. The molecule has 2 amide bonds. The molecule has 2 rings (SSSR count). The number of rotatable bonds is 4. The molecular weight excluding hydrogens is 310 g/mol. The Morgan fingerprint density at radius 3 is 2.76 bits per heavy atom. The number of carbonyl (C=O) groups is 2. The predicted molar refractivity (Wildman–Crippen MR) is 85.0 cm³/mol. The van der Waals surface area contributed by atoms with Crippen LogP contribution in [-0.2, 0) is 4.79 Å². The Kier molecular flexibility index (Phi) is 5.90. The van der Waals surface area contributed by atoms with E-state index in [4.69, 9.17) is 11.6 Å². The van der Waals surface area contributed by atoms with Crippen molar-refractivity contribution in [2.24, 2.45) is 0 Å². The third kappa shape index (κ3) is 4.36. The first kappa shape index (κ1) is 16.1. The number of piperazine rings is 1. The molecule has 2 N–H and O–H groups in total. The molecule has 1 heterocycles. The summed E-state index contributed by atoms with van der Waals surface area (Å²) in [5, 5.41) is 6.21. The fraction of sp³-hybridized carbons (Fsp3) is 0.429. The highest BCUT2D eigenvalue weighted by Gasteiger charge is 2.18. The number of benzene rings is 1. The van der Waals surface area contributed by atoms with Gasteiger partial charge in [-0.25, -0.2) is 0 Å². The van der Waals surface area contributed by atoms with E-state index in [0.717, 1.165) is 18.0 Å². The molecule has 5 nitrogen and oxygen atoms in total. The maximum Gasteiger partial charge on any atom is 0.253 e. The first-order valence-electron chi connectivity index (χ1n) is 6.72. The second kappa shape index (κ2) is 7.68. The lowest BCUT2D eigenvalue weighted by Crippen LogP contribution is -2.49. The Hall–Kier alpha value is -1.24. The van der Waals surface area contributed by atoms with Crippen molar-refractivity contribution < 1.29 is 9.59 Å². The van der Waals surface area contributed by atoms with Crippen molar-refractivity contribution in [1.82, 2.24) is 15.5 Å². The van der Waals surface area contributed by atoms with Crippen molar-refractivity contribution in [1.29, 1.82) is 0 Å². The highest BCUT2D eigenvalue weighted by molar-refractivity contribution is 7.98. The van der Waals surface area contributed by atoms with Gasteiger partial charge in [-0.15, -0.1) is 11.8 Å². The fourth-order valence-electron chi connectivity index (χ4n) is 2.08. The molecule has 0 radical (unpaired) electrons. The van der Waals surface area contributed by atoms with Gasteiger partial charge in [0.15, 0.2) is 0 Å². The molecule has 1 aromatic rings. The summed E-state index contributed by atoms with van der Waals surface area (Å²) in [4.78, 5) is 26.8. The highest BCUT2D eigenvalue weighted by Crippen LogP contribution is 2.22. The van der Waals surface area contributed by atoms with E-state index in [-0.39, 0.29) is 18.4 Å². The Morgan fingerprint density at radius 2 is 2.10 bits per heavy atom. The van der Waals surface area contributed by atoms with Crippen LogP contribution in [0.5, 0.6) is 0 Å². The van der Waals surface area contributed by atoms with E-state index in [1.165, 1.54) is 11.8 Å². The largest absolute Gasteiger partial charge is 0.343 e. The van der Waals surface area contributed by atoms with Crippen molar-refractivity contribution in [2.75, 3.05) is 39.0 Å². The van der Waals surface area contributed by atoms with Crippen LogP contribution in [-0.4, -0.2) is 55.7 Å². The Bertz CT molecular complexity index is 533. The molecule has 21 heavy (non-hydrogen) atoms.